The van der Waals surface area contributed by atoms with E-state index in [1.54, 1.807) is 0 Å². The molecule has 26 heavy (non-hydrogen) atoms. The molecular weight excluding hydrogens is 345 g/mol. The third-order valence-electron chi connectivity index (χ3n) is 5.37. The summed E-state index contributed by atoms with van der Waals surface area (Å²) in [7, 11) is 0. The van der Waals surface area contributed by atoms with E-state index in [1.807, 2.05) is 6.92 Å². The lowest BCUT2D eigenvalue weighted by molar-refractivity contribution is -0.182. The van der Waals surface area contributed by atoms with Gasteiger partial charge < -0.3 is 15.4 Å². The summed E-state index contributed by atoms with van der Waals surface area (Å²) < 4.78 is 43.9. The zero-order chi connectivity index (χ0) is 19.2. The van der Waals surface area contributed by atoms with Crippen molar-refractivity contribution in [2.24, 2.45) is 10.9 Å². The van der Waals surface area contributed by atoms with Crippen molar-refractivity contribution >= 4 is 5.96 Å². The number of hydrogen-bond acceptors (Lipinski definition) is 3. The van der Waals surface area contributed by atoms with Crippen LogP contribution in [0.5, 0.6) is 0 Å². The van der Waals surface area contributed by atoms with Crippen LogP contribution in [-0.4, -0.2) is 68.0 Å². The molecule has 0 bridgehead atoms. The smallest absolute Gasteiger partial charge is 0.379 e. The maximum absolute atomic E-state index is 12.8. The summed E-state index contributed by atoms with van der Waals surface area (Å²) in [6, 6.07) is 0.733. The van der Waals surface area contributed by atoms with Gasteiger partial charge in [-0.2, -0.15) is 13.2 Å². The molecule has 2 N–H and O–H groups in total. The van der Waals surface area contributed by atoms with Crippen LogP contribution in [0.3, 0.4) is 0 Å². The Morgan fingerprint density at radius 2 is 1.96 bits per heavy atom. The number of rotatable bonds is 5. The largest absolute Gasteiger partial charge is 0.391 e. The molecule has 0 aromatic rings. The van der Waals surface area contributed by atoms with Crippen molar-refractivity contribution in [3.63, 3.8) is 0 Å². The SMILES string of the molecule is CCNC(=NCC(C)N1CCOCC1C)NC1CCC(C(F)(F)F)CC1. The molecule has 2 aliphatic rings. The predicted octanol–water partition coefficient (Wildman–Crippen LogP) is 2.77. The molecular formula is C18H33F3N4O. The van der Waals surface area contributed by atoms with Gasteiger partial charge in [-0.1, -0.05) is 0 Å². The first-order chi connectivity index (χ1) is 12.3. The molecule has 0 aromatic heterocycles. The first-order valence-corrected chi connectivity index (χ1v) is 9.76. The van der Waals surface area contributed by atoms with Crippen LogP contribution < -0.4 is 10.6 Å². The number of aliphatic imine (C=N–C) groups is 1. The molecule has 8 heteroatoms. The van der Waals surface area contributed by atoms with E-state index in [0.29, 0.717) is 37.4 Å². The molecule has 1 saturated heterocycles. The van der Waals surface area contributed by atoms with Crippen LogP contribution in [0.2, 0.25) is 0 Å². The molecule has 5 nitrogen and oxygen atoms in total. The van der Waals surface area contributed by atoms with Crippen molar-refractivity contribution in [2.45, 2.75) is 70.8 Å². The number of guanidine groups is 1. The number of ether oxygens (including phenoxy) is 1. The minimum atomic E-state index is -4.06. The summed E-state index contributed by atoms with van der Waals surface area (Å²) in [5.74, 6) is -0.446. The molecule has 2 unspecified atom stereocenters. The Bertz CT molecular complexity index is 450. The van der Waals surface area contributed by atoms with Gasteiger partial charge in [-0.3, -0.25) is 9.89 Å². The van der Waals surface area contributed by atoms with E-state index < -0.39 is 12.1 Å². The van der Waals surface area contributed by atoms with Gasteiger partial charge in [0.1, 0.15) is 0 Å². The molecule has 1 heterocycles. The maximum atomic E-state index is 12.8. The predicted molar refractivity (Wildman–Crippen MR) is 97.4 cm³/mol. The third kappa shape index (κ3) is 6.30. The molecule has 152 valence electrons. The van der Waals surface area contributed by atoms with Gasteiger partial charge in [0, 0.05) is 31.2 Å². The molecule has 0 amide bonds. The summed E-state index contributed by atoms with van der Waals surface area (Å²) in [6.07, 6.45) is -2.60. The van der Waals surface area contributed by atoms with Crippen LogP contribution in [0.4, 0.5) is 13.2 Å². The number of morpholine rings is 1. The maximum Gasteiger partial charge on any atom is 0.391 e. The highest BCUT2D eigenvalue weighted by Gasteiger charge is 2.41. The first-order valence-electron chi connectivity index (χ1n) is 9.76. The topological polar surface area (TPSA) is 48.9 Å². The summed E-state index contributed by atoms with van der Waals surface area (Å²) in [5.41, 5.74) is 0. The van der Waals surface area contributed by atoms with E-state index in [-0.39, 0.29) is 18.9 Å². The number of nitrogens with zero attached hydrogens (tertiary/aromatic N) is 2. The van der Waals surface area contributed by atoms with Crippen LogP contribution in [0.25, 0.3) is 0 Å². The minimum Gasteiger partial charge on any atom is -0.379 e. The Kier molecular flexibility index (Phi) is 8.01. The number of nitrogens with one attached hydrogen (secondary N) is 2. The Morgan fingerprint density at radius 3 is 2.54 bits per heavy atom. The summed E-state index contributed by atoms with van der Waals surface area (Å²) in [6.45, 7) is 10.1. The van der Waals surface area contributed by atoms with E-state index >= 15 is 0 Å². The average Bonchev–Trinajstić information content (AvgIpc) is 2.59. The zero-order valence-electron chi connectivity index (χ0n) is 16.1. The van der Waals surface area contributed by atoms with Gasteiger partial charge in [0.05, 0.1) is 25.7 Å². The van der Waals surface area contributed by atoms with E-state index in [1.165, 1.54) is 0 Å². The van der Waals surface area contributed by atoms with Crippen LogP contribution in [-0.2, 0) is 4.74 Å². The Labute approximate surface area is 154 Å². The van der Waals surface area contributed by atoms with Gasteiger partial charge in [0.15, 0.2) is 5.96 Å². The average molecular weight is 378 g/mol. The molecule has 1 aliphatic carbocycles. The summed E-state index contributed by atoms with van der Waals surface area (Å²) in [4.78, 5) is 7.07. The fourth-order valence-electron chi connectivity index (χ4n) is 3.80. The molecule has 1 saturated carbocycles. The highest BCUT2D eigenvalue weighted by atomic mass is 19.4. The van der Waals surface area contributed by atoms with Crippen LogP contribution in [0.15, 0.2) is 4.99 Å². The Hall–Kier alpha value is -1.02. The highest BCUT2D eigenvalue weighted by Crippen LogP contribution is 2.37. The fraction of sp³-hybridized carbons (Fsp3) is 0.944. The van der Waals surface area contributed by atoms with Crippen LogP contribution in [0.1, 0.15) is 46.5 Å². The monoisotopic (exact) mass is 378 g/mol. The van der Waals surface area contributed by atoms with Crippen LogP contribution >= 0.6 is 0 Å². The molecule has 0 radical (unpaired) electrons. The highest BCUT2D eigenvalue weighted by molar-refractivity contribution is 5.80. The van der Waals surface area contributed by atoms with E-state index in [9.17, 15) is 13.2 Å². The molecule has 2 atom stereocenters. The number of alkyl halides is 3. The van der Waals surface area contributed by atoms with Gasteiger partial charge in [-0.15, -0.1) is 0 Å². The van der Waals surface area contributed by atoms with Gasteiger partial charge in [-0.25, -0.2) is 0 Å². The lowest BCUT2D eigenvalue weighted by atomic mass is 9.85. The van der Waals surface area contributed by atoms with E-state index in [0.717, 1.165) is 26.3 Å². The molecule has 1 aliphatic heterocycles. The van der Waals surface area contributed by atoms with Crippen LogP contribution in [0, 0.1) is 5.92 Å². The van der Waals surface area contributed by atoms with Crippen molar-refractivity contribution in [1.82, 2.24) is 15.5 Å². The van der Waals surface area contributed by atoms with Gasteiger partial charge >= 0.3 is 6.18 Å². The van der Waals surface area contributed by atoms with Gasteiger partial charge in [0.25, 0.3) is 0 Å². The van der Waals surface area contributed by atoms with Crippen molar-refractivity contribution in [2.75, 3.05) is 32.8 Å². The lowest BCUT2D eigenvalue weighted by Gasteiger charge is -2.37. The number of halogens is 3. The Balaban J connectivity index is 1.85. The fourth-order valence-corrected chi connectivity index (χ4v) is 3.80. The quantitative estimate of drug-likeness (QED) is 0.571. The molecule has 2 fully saturated rings. The Morgan fingerprint density at radius 1 is 1.27 bits per heavy atom. The molecule has 0 spiro atoms. The van der Waals surface area contributed by atoms with Crippen molar-refractivity contribution < 1.29 is 17.9 Å². The number of hydrogen-bond donors (Lipinski definition) is 2. The summed E-state index contributed by atoms with van der Waals surface area (Å²) >= 11 is 0. The van der Waals surface area contributed by atoms with Gasteiger partial charge in [0.2, 0.25) is 0 Å². The second-order valence-corrected chi connectivity index (χ2v) is 7.46. The van der Waals surface area contributed by atoms with Crippen molar-refractivity contribution in [1.29, 1.82) is 0 Å². The van der Waals surface area contributed by atoms with Gasteiger partial charge in [-0.05, 0) is 46.5 Å². The zero-order valence-corrected chi connectivity index (χ0v) is 16.1. The minimum absolute atomic E-state index is 0.0593. The second-order valence-electron chi connectivity index (χ2n) is 7.46. The first kappa shape index (κ1) is 21.3. The second kappa shape index (κ2) is 9.78. The molecule has 0 aromatic carbocycles. The normalized spacial score (nSPS) is 30.1. The lowest BCUT2D eigenvalue weighted by Crippen LogP contribution is -2.50. The summed E-state index contributed by atoms with van der Waals surface area (Å²) in [5, 5.41) is 6.54. The standard InChI is InChI=1S/C18H33F3N4O/c1-4-22-17(23-11-13(2)25-9-10-26-12-14(25)3)24-16-7-5-15(6-8-16)18(19,20)21/h13-16H,4-12H2,1-3H3,(H2,22,23,24). The third-order valence-corrected chi connectivity index (χ3v) is 5.37. The van der Waals surface area contributed by atoms with Crippen molar-refractivity contribution in [3.8, 4) is 0 Å². The molecule has 2 rings (SSSR count). The van der Waals surface area contributed by atoms with E-state index in [2.05, 4.69) is 34.4 Å². The van der Waals surface area contributed by atoms with Crippen molar-refractivity contribution in [3.05, 3.63) is 0 Å². The van der Waals surface area contributed by atoms with E-state index in [4.69, 9.17) is 4.74 Å².